The van der Waals surface area contributed by atoms with Crippen molar-refractivity contribution in [3.05, 3.63) is 86.9 Å². The van der Waals surface area contributed by atoms with E-state index in [2.05, 4.69) is 0 Å². The standard InChI is InChI=1S/C22H15Cl2NO2S2/c1-13(14-5-3-2-4-6-14)25-21(26)20(29-22(25)28)12-16-8-10-19(27-16)15-7-9-17(23)18(24)11-15/h2-13H,1H3. The summed E-state index contributed by atoms with van der Waals surface area (Å²) in [6.07, 6.45) is 1.72. The smallest absolute Gasteiger partial charge is 0.266 e. The number of carbonyl (C=O) groups is 1. The molecule has 4 rings (SSSR count). The summed E-state index contributed by atoms with van der Waals surface area (Å²) in [7, 11) is 0. The van der Waals surface area contributed by atoms with E-state index in [0.29, 0.717) is 30.8 Å². The zero-order valence-corrected chi connectivity index (χ0v) is 18.4. The van der Waals surface area contributed by atoms with Gasteiger partial charge in [0.25, 0.3) is 5.91 Å². The minimum atomic E-state index is -0.141. The van der Waals surface area contributed by atoms with Gasteiger partial charge in [-0.05, 0) is 42.8 Å². The predicted octanol–water partition coefficient (Wildman–Crippen LogP) is 7.22. The zero-order chi connectivity index (χ0) is 20.5. The summed E-state index contributed by atoms with van der Waals surface area (Å²) >= 11 is 18.8. The van der Waals surface area contributed by atoms with Crippen molar-refractivity contribution in [1.82, 2.24) is 4.90 Å². The number of thioether (sulfide) groups is 1. The first-order valence-corrected chi connectivity index (χ1v) is 10.8. The SMILES string of the molecule is CC(c1ccccc1)N1C(=O)C(=Cc2ccc(-c3ccc(Cl)c(Cl)c3)o2)SC1=S. The first kappa shape index (κ1) is 20.2. The van der Waals surface area contributed by atoms with Crippen LogP contribution in [0, 0.1) is 0 Å². The number of furan rings is 1. The molecule has 1 amide bonds. The molecule has 3 nitrogen and oxygen atoms in total. The van der Waals surface area contributed by atoms with E-state index in [9.17, 15) is 4.79 Å². The van der Waals surface area contributed by atoms with Crippen LogP contribution in [0.4, 0.5) is 0 Å². The van der Waals surface area contributed by atoms with Crippen molar-refractivity contribution in [2.24, 2.45) is 0 Å². The van der Waals surface area contributed by atoms with Gasteiger partial charge in [-0.3, -0.25) is 9.69 Å². The Hall–Kier alpha value is -2.05. The van der Waals surface area contributed by atoms with Gasteiger partial charge in [0.05, 0.1) is 21.0 Å². The number of carbonyl (C=O) groups excluding carboxylic acids is 1. The largest absolute Gasteiger partial charge is 0.457 e. The number of halogens is 2. The van der Waals surface area contributed by atoms with Crippen LogP contribution in [-0.2, 0) is 4.79 Å². The van der Waals surface area contributed by atoms with Crippen molar-refractivity contribution in [3.8, 4) is 11.3 Å². The number of hydrogen-bond donors (Lipinski definition) is 0. The Bertz CT molecular complexity index is 1120. The number of hydrogen-bond acceptors (Lipinski definition) is 4. The third-order valence-electron chi connectivity index (χ3n) is 4.60. The number of thiocarbonyl (C=S) groups is 1. The lowest BCUT2D eigenvalue weighted by Crippen LogP contribution is -2.30. The molecule has 1 unspecified atom stereocenters. The van der Waals surface area contributed by atoms with Crippen LogP contribution in [0.5, 0.6) is 0 Å². The van der Waals surface area contributed by atoms with Gasteiger partial charge >= 0.3 is 0 Å². The van der Waals surface area contributed by atoms with E-state index in [1.54, 1.807) is 23.1 Å². The Morgan fingerprint density at radius 2 is 1.83 bits per heavy atom. The highest BCUT2D eigenvalue weighted by Gasteiger charge is 2.36. The molecule has 146 valence electrons. The average Bonchev–Trinajstić information content (AvgIpc) is 3.29. The fraction of sp³-hybridized carbons (Fsp3) is 0.0909. The van der Waals surface area contributed by atoms with Gasteiger partial charge < -0.3 is 4.42 Å². The maximum Gasteiger partial charge on any atom is 0.266 e. The second kappa shape index (κ2) is 8.36. The van der Waals surface area contributed by atoms with Crippen molar-refractivity contribution in [3.63, 3.8) is 0 Å². The van der Waals surface area contributed by atoms with E-state index in [-0.39, 0.29) is 11.9 Å². The van der Waals surface area contributed by atoms with Gasteiger partial charge in [-0.1, -0.05) is 77.5 Å². The van der Waals surface area contributed by atoms with Gasteiger partial charge in [0.1, 0.15) is 15.8 Å². The molecule has 1 saturated heterocycles. The molecule has 1 fully saturated rings. The summed E-state index contributed by atoms with van der Waals surface area (Å²) in [6, 6.07) is 18.6. The molecule has 0 spiro atoms. The monoisotopic (exact) mass is 459 g/mol. The van der Waals surface area contributed by atoms with Crippen LogP contribution in [0.2, 0.25) is 10.0 Å². The number of nitrogens with zero attached hydrogens (tertiary/aromatic N) is 1. The zero-order valence-electron chi connectivity index (χ0n) is 15.3. The molecule has 0 radical (unpaired) electrons. The molecule has 29 heavy (non-hydrogen) atoms. The molecular weight excluding hydrogens is 445 g/mol. The highest BCUT2D eigenvalue weighted by Crippen LogP contribution is 2.38. The van der Waals surface area contributed by atoms with Crippen molar-refractivity contribution >= 4 is 63.5 Å². The maximum absolute atomic E-state index is 13.0. The Morgan fingerprint density at radius 3 is 2.55 bits per heavy atom. The molecule has 1 aliphatic heterocycles. The number of benzene rings is 2. The first-order chi connectivity index (χ1) is 13.9. The highest BCUT2D eigenvalue weighted by molar-refractivity contribution is 8.26. The van der Waals surface area contributed by atoms with Crippen LogP contribution in [0.1, 0.15) is 24.3 Å². The van der Waals surface area contributed by atoms with Gasteiger partial charge in [-0.25, -0.2) is 0 Å². The van der Waals surface area contributed by atoms with Gasteiger partial charge in [-0.2, -0.15) is 0 Å². The molecule has 1 atom stereocenters. The summed E-state index contributed by atoms with van der Waals surface area (Å²) < 4.78 is 6.42. The fourth-order valence-electron chi connectivity index (χ4n) is 3.06. The van der Waals surface area contributed by atoms with E-state index in [0.717, 1.165) is 11.1 Å². The van der Waals surface area contributed by atoms with Crippen molar-refractivity contribution < 1.29 is 9.21 Å². The van der Waals surface area contributed by atoms with E-state index in [4.69, 9.17) is 39.8 Å². The second-order valence-electron chi connectivity index (χ2n) is 6.47. The maximum atomic E-state index is 13.0. The first-order valence-electron chi connectivity index (χ1n) is 8.81. The molecule has 0 aliphatic carbocycles. The lowest BCUT2D eigenvalue weighted by Gasteiger charge is -2.23. The normalized spacial score (nSPS) is 16.7. The van der Waals surface area contributed by atoms with Gasteiger partial charge in [0.15, 0.2) is 0 Å². The molecule has 0 N–H and O–H groups in total. The van der Waals surface area contributed by atoms with Crippen molar-refractivity contribution in [2.75, 3.05) is 0 Å². The molecular formula is C22H15Cl2NO2S2. The fourth-order valence-corrected chi connectivity index (χ4v) is 4.76. The highest BCUT2D eigenvalue weighted by atomic mass is 35.5. The quantitative estimate of drug-likeness (QED) is 0.304. The van der Waals surface area contributed by atoms with Crippen LogP contribution in [-0.4, -0.2) is 15.1 Å². The molecule has 0 bridgehead atoms. The molecule has 7 heteroatoms. The molecule has 0 saturated carbocycles. The summed E-state index contributed by atoms with van der Waals surface area (Å²) in [5, 5.41) is 0.941. The van der Waals surface area contributed by atoms with Gasteiger partial charge in [-0.15, -0.1) is 0 Å². The molecule has 1 aliphatic rings. The van der Waals surface area contributed by atoms with Crippen LogP contribution >= 0.6 is 47.2 Å². The second-order valence-corrected chi connectivity index (χ2v) is 8.96. The molecule has 2 aromatic carbocycles. The van der Waals surface area contributed by atoms with Crippen molar-refractivity contribution in [2.45, 2.75) is 13.0 Å². The van der Waals surface area contributed by atoms with E-state index in [1.165, 1.54) is 11.8 Å². The Kier molecular flexibility index (Phi) is 5.83. The summed E-state index contributed by atoms with van der Waals surface area (Å²) in [5.74, 6) is 1.09. The van der Waals surface area contributed by atoms with E-state index >= 15 is 0 Å². The lowest BCUT2D eigenvalue weighted by atomic mass is 10.1. The number of rotatable bonds is 4. The third kappa shape index (κ3) is 4.14. The summed E-state index contributed by atoms with van der Waals surface area (Å²) in [4.78, 5) is 15.1. The summed E-state index contributed by atoms with van der Waals surface area (Å²) in [6.45, 7) is 1.97. The third-order valence-corrected chi connectivity index (χ3v) is 6.67. The van der Waals surface area contributed by atoms with Crippen LogP contribution in [0.15, 0.2) is 70.0 Å². The Balaban J connectivity index is 1.58. The van der Waals surface area contributed by atoms with Gasteiger partial charge in [0.2, 0.25) is 0 Å². The van der Waals surface area contributed by atoms with E-state index < -0.39 is 0 Å². The molecule has 3 aromatic rings. The number of amides is 1. The van der Waals surface area contributed by atoms with Crippen LogP contribution < -0.4 is 0 Å². The predicted molar refractivity (Wildman–Crippen MR) is 124 cm³/mol. The van der Waals surface area contributed by atoms with Crippen molar-refractivity contribution in [1.29, 1.82) is 0 Å². The van der Waals surface area contributed by atoms with E-state index in [1.807, 2.05) is 55.5 Å². The Morgan fingerprint density at radius 1 is 1.07 bits per heavy atom. The molecule has 2 heterocycles. The Labute approximate surface area is 188 Å². The topological polar surface area (TPSA) is 33.5 Å². The molecule has 1 aromatic heterocycles. The van der Waals surface area contributed by atoms with Crippen LogP contribution in [0.25, 0.3) is 17.4 Å². The summed E-state index contributed by atoms with van der Waals surface area (Å²) in [5.41, 5.74) is 1.84. The lowest BCUT2D eigenvalue weighted by molar-refractivity contribution is -0.123. The average molecular weight is 460 g/mol. The van der Waals surface area contributed by atoms with Crippen LogP contribution in [0.3, 0.4) is 0 Å². The minimum absolute atomic E-state index is 0.121. The van der Waals surface area contributed by atoms with Gasteiger partial charge in [0, 0.05) is 11.6 Å². The minimum Gasteiger partial charge on any atom is -0.457 e.